The van der Waals surface area contributed by atoms with Crippen LogP contribution in [0.2, 0.25) is 0 Å². The van der Waals surface area contributed by atoms with E-state index in [0.717, 1.165) is 43.9 Å². The number of anilines is 1. The van der Waals surface area contributed by atoms with Crippen LogP contribution < -0.4 is 10.1 Å². The topological polar surface area (TPSA) is 99.2 Å². The number of aliphatic hydroxyl groups is 1. The third-order valence-electron chi connectivity index (χ3n) is 7.41. The van der Waals surface area contributed by atoms with Crippen LogP contribution in [0.15, 0.2) is 41.3 Å². The van der Waals surface area contributed by atoms with Crippen molar-refractivity contribution in [3.8, 4) is 17.6 Å². The Balaban J connectivity index is 1.64. The molecule has 40 heavy (non-hydrogen) atoms. The minimum absolute atomic E-state index is 0.0166. The standard InChI is InChI=1S/C29H35F2N3O5S/c1-19-16-34(20(2)18-35)40(37,38)28-13-10-22(9-8-21-6-4-5-7-21)14-26(28)39-27(19)17-33(3)29(36)32-25-15-23(30)11-12-24(25)31/h10-15,19-21,27,35H,4-7,16-18H2,1-3H3,(H,32,36)/t19-,20-,27+/m0/s1. The summed E-state index contributed by atoms with van der Waals surface area (Å²) in [6, 6.07) is 6.10. The van der Waals surface area contributed by atoms with Crippen LogP contribution in [-0.4, -0.2) is 67.7 Å². The van der Waals surface area contributed by atoms with Gasteiger partial charge >= 0.3 is 6.03 Å². The summed E-state index contributed by atoms with van der Waals surface area (Å²) in [6.07, 6.45) is 3.72. The molecule has 1 saturated carbocycles. The highest BCUT2D eigenvalue weighted by atomic mass is 32.2. The molecule has 0 aromatic heterocycles. The second-order valence-corrected chi connectivity index (χ2v) is 12.4. The number of likely N-dealkylation sites (N-methyl/N-ethyl adjacent to an activating group) is 1. The molecule has 0 bridgehead atoms. The lowest BCUT2D eigenvalue weighted by molar-refractivity contribution is 0.0830. The number of nitrogens with zero attached hydrogens (tertiary/aromatic N) is 2. The molecule has 3 atom stereocenters. The number of nitrogens with one attached hydrogen (secondary N) is 1. The monoisotopic (exact) mass is 575 g/mol. The summed E-state index contributed by atoms with van der Waals surface area (Å²) in [5.41, 5.74) is 0.315. The minimum Gasteiger partial charge on any atom is -0.487 e. The van der Waals surface area contributed by atoms with Crippen molar-refractivity contribution in [2.45, 2.75) is 56.6 Å². The number of benzene rings is 2. The predicted molar refractivity (Wildman–Crippen MR) is 147 cm³/mol. The van der Waals surface area contributed by atoms with Crippen molar-refractivity contribution in [1.82, 2.24) is 9.21 Å². The molecule has 0 radical (unpaired) electrons. The Morgan fingerprint density at radius 3 is 2.65 bits per heavy atom. The number of carbonyl (C=O) groups excluding carboxylic acids is 1. The van der Waals surface area contributed by atoms with E-state index in [0.29, 0.717) is 11.5 Å². The maximum atomic E-state index is 14.1. The van der Waals surface area contributed by atoms with Gasteiger partial charge in [0.15, 0.2) is 0 Å². The van der Waals surface area contributed by atoms with Crippen LogP contribution >= 0.6 is 0 Å². The Hall–Kier alpha value is -3.20. The smallest absolute Gasteiger partial charge is 0.321 e. The van der Waals surface area contributed by atoms with Crippen LogP contribution in [0.1, 0.15) is 45.1 Å². The molecule has 0 saturated heterocycles. The molecule has 11 heteroatoms. The number of fused-ring (bicyclic) bond motifs is 1. The number of amides is 2. The van der Waals surface area contributed by atoms with Gasteiger partial charge < -0.3 is 20.1 Å². The first kappa shape index (κ1) is 29.8. The fourth-order valence-electron chi connectivity index (χ4n) is 4.93. The second-order valence-electron chi connectivity index (χ2n) is 10.6. The number of halogens is 2. The fourth-order valence-corrected chi connectivity index (χ4v) is 6.76. The maximum Gasteiger partial charge on any atom is 0.321 e. The molecule has 2 N–H and O–H groups in total. The third-order valence-corrected chi connectivity index (χ3v) is 9.43. The molecule has 8 nitrogen and oxygen atoms in total. The number of aliphatic hydroxyl groups excluding tert-OH is 1. The Bertz CT molecular complexity index is 1400. The highest BCUT2D eigenvalue weighted by Crippen LogP contribution is 2.34. The van der Waals surface area contributed by atoms with Gasteiger partial charge in [-0.15, -0.1) is 0 Å². The Morgan fingerprint density at radius 2 is 1.95 bits per heavy atom. The van der Waals surface area contributed by atoms with E-state index in [9.17, 15) is 27.1 Å². The Labute approximate surface area is 234 Å². The van der Waals surface area contributed by atoms with Crippen molar-refractivity contribution in [1.29, 1.82) is 0 Å². The Kier molecular flexibility index (Phi) is 9.33. The van der Waals surface area contributed by atoms with Crippen molar-refractivity contribution in [2.75, 3.05) is 32.1 Å². The first-order valence-electron chi connectivity index (χ1n) is 13.4. The van der Waals surface area contributed by atoms with Crippen LogP contribution in [0.5, 0.6) is 5.75 Å². The van der Waals surface area contributed by atoms with E-state index in [-0.39, 0.29) is 36.0 Å². The summed E-state index contributed by atoms with van der Waals surface area (Å²) in [5, 5.41) is 12.2. The van der Waals surface area contributed by atoms with E-state index < -0.39 is 45.8 Å². The predicted octanol–water partition coefficient (Wildman–Crippen LogP) is 4.44. The molecule has 0 unspecified atom stereocenters. The second kappa shape index (κ2) is 12.5. The van der Waals surface area contributed by atoms with Crippen molar-refractivity contribution < 1.29 is 31.8 Å². The molecule has 4 rings (SSSR count). The van der Waals surface area contributed by atoms with Gasteiger partial charge in [-0.25, -0.2) is 22.0 Å². The van der Waals surface area contributed by atoms with Gasteiger partial charge in [-0.2, -0.15) is 4.31 Å². The number of ether oxygens (including phenoxy) is 1. The first-order chi connectivity index (χ1) is 19.0. The first-order valence-corrected chi connectivity index (χ1v) is 14.9. The third kappa shape index (κ3) is 6.74. The normalized spacial score (nSPS) is 21.6. The molecular weight excluding hydrogens is 540 g/mol. The summed E-state index contributed by atoms with van der Waals surface area (Å²) < 4.78 is 62.5. The van der Waals surface area contributed by atoms with E-state index in [1.165, 1.54) is 22.3 Å². The van der Waals surface area contributed by atoms with Crippen molar-refractivity contribution in [3.05, 3.63) is 53.6 Å². The van der Waals surface area contributed by atoms with Gasteiger partial charge in [-0.3, -0.25) is 0 Å². The Morgan fingerprint density at radius 1 is 1.23 bits per heavy atom. The lowest BCUT2D eigenvalue weighted by Crippen LogP contribution is -2.50. The number of carbonyl (C=O) groups is 1. The van der Waals surface area contributed by atoms with Gasteiger partial charge in [0.05, 0.1) is 18.8 Å². The van der Waals surface area contributed by atoms with E-state index in [1.54, 1.807) is 26.0 Å². The molecule has 216 valence electrons. The molecule has 0 spiro atoms. The van der Waals surface area contributed by atoms with E-state index in [2.05, 4.69) is 17.2 Å². The summed E-state index contributed by atoms with van der Waals surface area (Å²) in [4.78, 5) is 14.1. The quantitative estimate of drug-likeness (QED) is 0.514. The van der Waals surface area contributed by atoms with Gasteiger partial charge in [0.1, 0.15) is 28.4 Å². The average molecular weight is 576 g/mol. The minimum atomic E-state index is -4.02. The average Bonchev–Trinajstić information content (AvgIpc) is 3.44. The zero-order valence-corrected chi connectivity index (χ0v) is 23.7. The molecule has 1 aliphatic carbocycles. The highest BCUT2D eigenvalue weighted by Gasteiger charge is 2.38. The number of hydrogen-bond acceptors (Lipinski definition) is 5. The zero-order chi connectivity index (χ0) is 29.0. The molecule has 2 amide bonds. The molecular formula is C29H35F2N3O5S. The zero-order valence-electron chi connectivity index (χ0n) is 22.9. The highest BCUT2D eigenvalue weighted by molar-refractivity contribution is 7.89. The molecule has 2 aromatic carbocycles. The van der Waals surface area contributed by atoms with Gasteiger partial charge in [-0.05, 0) is 50.1 Å². The van der Waals surface area contributed by atoms with Crippen LogP contribution in [0.4, 0.5) is 19.3 Å². The van der Waals surface area contributed by atoms with E-state index >= 15 is 0 Å². The van der Waals surface area contributed by atoms with Crippen LogP contribution in [0.3, 0.4) is 0 Å². The largest absolute Gasteiger partial charge is 0.487 e. The summed E-state index contributed by atoms with van der Waals surface area (Å²) in [6.45, 7) is 3.09. The number of hydrogen-bond donors (Lipinski definition) is 2. The van der Waals surface area contributed by atoms with Crippen LogP contribution in [0.25, 0.3) is 0 Å². The van der Waals surface area contributed by atoms with Crippen molar-refractivity contribution in [3.63, 3.8) is 0 Å². The molecule has 1 fully saturated rings. The number of sulfonamides is 1. The summed E-state index contributed by atoms with van der Waals surface area (Å²) >= 11 is 0. The lowest BCUT2D eigenvalue weighted by atomic mass is 10.0. The number of rotatable bonds is 5. The van der Waals surface area contributed by atoms with Crippen molar-refractivity contribution in [2.24, 2.45) is 11.8 Å². The molecule has 2 aromatic rings. The molecule has 1 aliphatic heterocycles. The lowest BCUT2D eigenvalue weighted by Gasteiger charge is -2.37. The van der Waals surface area contributed by atoms with Gasteiger partial charge in [0.2, 0.25) is 10.0 Å². The van der Waals surface area contributed by atoms with Gasteiger partial charge in [-0.1, -0.05) is 31.6 Å². The fraction of sp³-hybridized carbons (Fsp3) is 0.483. The van der Waals surface area contributed by atoms with Crippen LogP contribution in [-0.2, 0) is 10.0 Å². The number of urea groups is 1. The van der Waals surface area contributed by atoms with Gasteiger partial charge in [0, 0.05) is 43.1 Å². The molecule has 2 aliphatic rings. The SMILES string of the molecule is C[C@H]1CN([C@@H](C)CO)S(=O)(=O)c2ccc(C#CC3CCCC3)cc2O[C@@H]1CN(C)C(=O)Nc1cc(F)ccc1F. The summed E-state index contributed by atoms with van der Waals surface area (Å²) in [7, 11) is -2.54. The van der Waals surface area contributed by atoms with E-state index in [4.69, 9.17) is 4.74 Å². The molecule has 1 heterocycles. The van der Waals surface area contributed by atoms with Gasteiger partial charge in [0.25, 0.3) is 0 Å². The van der Waals surface area contributed by atoms with E-state index in [1.807, 2.05) is 0 Å². The van der Waals surface area contributed by atoms with Crippen LogP contribution in [0, 0.1) is 35.3 Å². The summed E-state index contributed by atoms with van der Waals surface area (Å²) in [5.74, 6) is 4.96. The van der Waals surface area contributed by atoms with Crippen molar-refractivity contribution >= 4 is 21.7 Å². The maximum absolute atomic E-state index is 14.1.